The van der Waals surface area contributed by atoms with Crippen molar-refractivity contribution in [2.75, 3.05) is 0 Å². The van der Waals surface area contributed by atoms with Crippen LogP contribution in [0.2, 0.25) is 0 Å². The zero-order valence-electron chi connectivity index (χ0n) is 14.7. The molecule has 0 saturated heterocycles. The lowest BCUT2D eigenvalue weighted by atomic mass is 10.1. The fraction of sp³-hybridized carbons (Fsp3) is 0. The number of halogens is 1. The molecule has 1 aromatic heterocycles. The van der Waals surface area contributed by atoms with Crippen LogP contribution in [0, 0.1) is 0 Å². The average Bonchev–Trinajstić information content (AvgIpc) is 2.72. The molecule has 0 aliphatic carbocycles. The van der Waals surface area contributed by atoms with Gasteiger partial charge in [0, 0.05) is 9.86 Å². The molecule has 0 spiro atoms. The molecule has 130 valence electrons. The Labute approximate surface area is 167 Å². The summed E-state index contributed by atoms with van der Waals surface area (Å²) in [7, 11) is 0. The molecule has 4 rings (SSSR count). The first-order chi connectivity index (χ1) is 13.3. The van der Waals surface area contributed by atoms with Gasteiger partial charge in [-0.15, -0.1) is 0 Å². The minimum Gasteiger partial charge on any atom is -0.248 e. The van der Waals surface area contributed by atoms with Gasteiger partial charge in [0.15, 0.2) is 0 Å². The fourth-order valence-corrected chi connectivity index (χ4v) is 3.22. The standard InChI is InChI=1S/C25H18BrN/c26-22-15-11-20(12-16-22)10-14-21-18-23(17-13-19-6-2-1-3-7-19)27-25-9-5-4-8-24(21)25/h1-18H/b14-10+,17-13+. The van der Waals surface area contributed by atoms with Gasteiger partial charge in [-0.25, -0.2) is 4.98 Å². The van der Waals surface area contributed by atoms with Gasteiger partial charge in [-0.2, -0.15) is 0 Å². The summed E-state index contributed by atoms with van der Waals surface area (Å²) in [4.78, 5) is 4.79. The van der Waals surface area contributed by atoms with E-state index in [9.17, 15) is 0 Å². The van der Waals surface area contributed by atoms with E-state index >= 15 is 0 Å². The van der Waals surface area contributed by atoms with Crippen molar-refractivity contribution in [3.8, 4) is 0 Å². The van der Waals surface area contributed by atoms with Crippen LogP contribution in [0.3, 0.4) is 0 Å². The van der Waals surface area contributed by atoms with E-state index < -0.39 is 0 Å². The highest BCUT2D eigenvalue weighted by atomic mass is 79.9. The number of rotatable bonds is 4. The second-order valence-corrected chi connectivity index (χ2v) is 7.20. The van der Waals surface area contributed by atoms with E-state index in [1.54, 1.807) is 0 Å². The van der Waals surface area contributed by atoms with Crippen molar-refractivity contribution >= 4 is 51.1 Å². The zero-order valence-corrected chi connectivity index (χ0v) is 16.3. The van der Waals surface area contributed by atoms with Gasteiger partial charge in [0.05, 0.1) is 11.2 Å². The average molecular weight is 412 g/mol. The number of para-hydroxylation sites is 1. The van der Waals surface area contributed by atoms with Gasteiger partial charge < -0.3 is 0 Å². The van der Waals surface area contributed by atoms with E-state index in [1.807, 2.05) is 24.3 Å². The van der Waals surface area contributed by atoms with Crippen molar-refractivity contribution in [3.05, 3.63) is 112 Å². The molecule has 0 bridgehead atoms. The molecule has 27 heavy (non-hydrogen) atoms. The number of benzene rings is 3. The molecule has 3 aromatic carbocycles. The van der Waals surface area contributed by atoms with Crippen molar-refractivity contribution in [1.82, 2.24) is 4.98 Å². The molecular weight excluding hydrogens is 394 g/mol. The van der Waals surface area contributed by atoms with Crippen LogP contribution >= 0.6 is 15.9 Å². The Morgan fingerprint density at radius 3 is 2.11 bits per heavy atom. The third kappa shape index (κ3) is 4.42. The number of fused-ring (bicyclic) bond motifs is 1. The summed E-state index contributed by atoms with van der Waals surface area (Å²) >= 11 is 3.48. The highest BCUT2D eigenvalue weighted by molar-refractivity contribution is 9.10. The molecule has 0 N–H and O–H groups in total. The minimum absolute atomic E-state index is 0.952. The first kappa shape index (κ1) is 17.4. The fourth-order valence-electron chi connectivity index (χ4n) is 2.95. The molecule has 1 heterocycles. The lowest BCUT2D eigenvalue weighted by Crippen LogP contribution is -1.87. The summed E-state index contributed by atoms with van der Waals surface area (Å²) in [5.74, 6) is 0. The maximum absolute atomic E-state index is 4.79. The van der Waals surface area contributed by atoms with Crippen molar-refractivity contribution in [2.24, 2.45) is 0 Å². The second-order valence-electron chi connectivity index (χ2n) is 6.28. The molecule has 4 aromatic rings. The highest BCUT2D eigenvalue weighted by Gasteiger charge is 2.02. The largest absolute Gasteiger partial charge is 0.248 e. The van der Waals surface area contributed by atoms with Gasteiger partial charge in [-0.3, -0.25) is 0 Å². The molecule has 0 fully saturated rings. The van der Waals surface area contributed by atoms with Crippen LogP contribution in [-0.2, 0) is 0 Å². The maximum Gasteiger partial charge on any atom is 0.0715 e. The summed E-state index contributed by atoms with van der Waals surface area (Å²) in [6.07, 6.45) is 8.46. The van der Waals surface area contributed by atoms with E-state index in [0.29, 0.717) is 0 Å². The highest BCUT2D eigenvalue weighted by Crippen LogP contribution is 2.22. The van der Waals surface area contributed by atoms with Crippen molar-refractivity contribution < 1.29 is 0 Å². The predicted octanol–water partition coefficient (Wildman–Crippen LogP) is 7.34. The Balaban J connectivity index is 1.72. The molecule has 2 heteroatoms. The molecule has 1 nitrogen and oxygen atoms in total. The SMILES string of the molecule is Brc1ccc(/C=C/c2cc(/C=C/c3ccccc3)nc3ccccc23)cc1. The summed E-state index contributed by atoms with van der Waals surface area (Å²) in [5, 5.41) is 1.16. The Morgan fingerprint density at radius 1 is 0.630 bits per heavy atom. The lowest BCUT2D eigenvalue weighted by molar-refractivity contribution is 1.37. The third-order valence-corrected chi connectivity index (χ3v) is 4.87. The molecule has 0 radical (unpaired) electrons. The number of hydrogen-bond donors (Lipinski definition) is 0. The summed E-state index contributed by atoms with van der Waals surface area (Å²) in [5.41, 5.74) is 5.45. The molecule has 0 aliphatic heterocycles. The van der Waals surface area contributed by atoms with E-state index in [-0.39, 0.29) is 0 Å². The van der Waals surface area contributed by atoms with Gasteiger partial charge in [0.1, 0.15) is 0 Å². The number of hydrogen-bond acceptors (Lipinski definition) is 1. The van der Waals surface area contributed by atoms with Crippen LogP contribution < -0.4 is 0 Å². The van der Waals surface area contributed by atoms with Gasteiger partial charge in [0.25, 0.3) is 0 Å². The van der Waals surface area contributed by atoms with E-state index in [1.165, 1.54) is 11.1 Å². The van der Waals surface area contributed by atoms with Gasteiger partial charge in [0.2, 0.25) is 0 Å². The van der Waals surface area contributed by atoms with Crippen molar-refractivity contribution in [2.45, 2.75) is 0 Å². The quantitative estimate of drug-likeness (QED) is 0.342. The lowest BCUT2D eigenvalue weighted by Gasteiger charge is -2.05. The number of aromatic nitrogens is 1. The van der Waals surface area contributed by atoms with E-state index in [0.717, 1.165) is 26.6 Å². The third-order valence-electron chi connectivity index (χ3n) is 4.34. The molecular formula is C25H18BrN. The van der Waals surface area contributed by atoms with Gasteiger partial charge in [-0.1, -0.05) is 94.8 Å². The maximum atomic E-state index is 4.79. The summed E-state index contributed by atoms with van der Waals surface area (Å²) in [6.45, 7) is 0. The topological polar surface area (TPSA) is 12.9 Å². The predicted molar refractivity (Wildman–Crippen MR) is 120 cm³/mol. The molecule has 0 amide bonds. The van der Waals surface area contributed by atoms with Crippen LogP contribution in [0.25, 0.3) is 35.2 Å². The van der Waals surface area contributed by atoms with Crippen LogP contribution in [-0.4, -0.2) is 4.98 Å². The molecule has 0 saturated carbocycles. The summed E-state index contributed by atoms with van der Waals surface area (Å²) in [6, 6.07) is 29.0. The summed E-state index contributed by atoms with van der Waals surface area (Å²) < 4.78 is 1.09. The minimum atomic E-state index is 0.952. The van der Waals surface area contributed by atoms with E-state index in [2.05, 4.69) is 101 Å². The Hall–Kier alpha value is -2.97. The Morgan fingerprint density at radius 2 is 1.30 bits per heavy atom. The number of nitrogens with zero attached hydrogens (tertiary/aromatic N) is 1. The molecule has 0 atom stereocenters. The van der Waals surface area contributed by atoms with Gasteiger partial charge in [-0.05, 0) is 47.0 Å². The van der Waals surface area contributed by atoms with Crippen LogP contribution in [0.5, 0.6) is 0 Å². The van der Waals surface area contributed by atoms with Crippen LogP contribution in [0.15, 0.2) is 89.4 Å². The van der Waals surface area contributed by atoms with Crippen LogP contribution in [0.4, 0.5) is 0 Å². The normalized spacial score (nSPS) is 11.6. The Kier molecular flexibility index (Phi) is 5.27. The first-order valence-electron chi connectivity index (χ1n) is 8.84. The smallest absolute Gasteiger partial charge is 0.0715 e. The van der Waals surface area contributed by atoms with Crippen molar-refractivity contribution in [3.63, 3.8) is 0 Å². The molecule has 0 aliphatic rings. The monoisotopic (exact) mass is 411 g/mol. The van der Waals surface area contributed by atoms with E-state index in [4.69, 9.17) is 4.98 Å². The van der Waals surface area contributed by atoms with Crippen LogP contribution in [0.1, 0.15) is 22.4 Å². The van der Waals surface area contributed by atoms with Crippen molar-refractivity contribution in [1.29, 1.82) is 0 Å². The zero-order chi connectivity index (χ0) is 18.5. The molecule has 0 unspecified atom stereocenters. The number of pyridine rings is 1. The first-order valence-corrected chi connectivity index (χ1v) is 9.64. The Bertz CT molecular complexity index is 1110. The second kappa shape index (κ2) is 8.15. The van der Waals surface area contributed by atoms with Gasteiger partial charge >= 0.3 is 0 Å².